The first-order chi connectivity index (χ1) is 32.0. The number of carbonyl (C=O) groups is 1. The Hall–Kier alpha value is -2.33. The Morgan fingerprint density at radius 2 is 1.61 bits per heavy atom. The van der Waals surface area contributed by atoms with E-state index in [-0.39, 0.29) is 31.3 Å². The van der Waals surface area contributed by atoms with Crippen LogP contribution in [-0.2, 0) is 53.9 Å². The van der Waals surface area contributed by atoms with E-state index in [0.717, 1.165) is 28.4 Å². The van der Waals surface area contributed by atoms with Crippen molar-refractivity contribution in [1.82, 2.24) is 14.8 Å². The number of thiazole rings is 1. The van der Waals surface area contributed by atoms with Crippen LogP contribution in [0.5, 0.6) is 0 Å². The Morgan fingerprint density at radius 3 is 2.22 bits per heavy atom. The van der Waals surface area contributed by atoms with Gasteiger partial charge in [-0.05, 0) is 111 Å². The van der Waals surface area contributed by atoms with E-state index in [9.17, 15) is 43.5 Å². The van der Waals surface area contributed by atoms with Gasteiger partial charge in [0.05, 0.1) is 57.8 Å². The van der Waals surface area contributed by atoms with Gasteiger partial charge in [-0.25, -0.2) is 4.98 Å². The number of aromatic nitrogens is 1. The molecule has 18 atom stereocenters. The van der Waals surface area contributed by atoms with Crippen molar-refractivity contribution in [3.05, 3.63) is 51.5 Å². The summed E-state index contributed by atoms with van der Waals surface area (Å²) < 4.78 is 71.2. The van der Waals surface area contributed by atoms with Crippen LogP contribution in [0, 0.1) is 23.7 Å². The van der Waals surface area contributed by atoms with Crippen LogP contribution in [0.1, 0.15) is 117 Å². The van der Waals surface area contributed by atoms with Crippen molar-refractivity contribution in [2.45, 2.75) is 204 Å². The van der Waals surface area contributed by atoms with E-state index in [2.05, 4.69) is 4.90 Å². The topological polar surface area (TPSA) is 184 Å². The van der Waals surface area contributed by atoms with Crippen molar-refractivity contribution in [3.8, 4) is 0 Å². The second-order valence-corrected chi connectivity index (χ2v) is 22.4. The fourth-order valence-corrected chi connectivity index (χ4v) is 12.2. The van der Waals surface area contributed by atoms with Gasteiger partial charge in [0.1, 0.15) is 30.0 Å². The zero-order valence-corrected chi connectivity index (χ0v) is 43.8. The molecule has 1 unspecified atom stereocenters. The third-order valence-corrected chi connectivity index (χ3v) is 16.6. The molecule has 1 aromatic heterocycles. The van der Waals surface area contributed by atoms with E-state index in [1.807, 2.05) is 45.1 Å². The average molecular weight is 1000 g/mol. The van der Waals surface area contributed by atoms with Crippen molar-refractivity contribution in [3.63, 3.8) is 0 Å². The molecule has 0 amide bonds. The minimum absolute atomic E-state index is 0.176. The van der Waals surface area contributed by atoms with E-state index in [1.165, 1.54) is 37.5 Å². The van der Waals surface area contributed by atoms with Gasteiger partial charge >= 0.3 is 12.1 Å². The highest BCUT2D eigenvalue weighted by Gasteiger charge is 2.55. The molecule has 394 valence electrons. The lowest BCUT2D eigenvalue weighted by Crippen LogP contribution is -2.62. The molecule has 3 fully saturated rings. The molecule has 0 radical (unpaired) electrons. The smallest absolute Gasteiger partial charge is 0.416 e. The summed E-state index contributed by atoms with van der Waals surface area (Å²) in [6.45, 7) is 18.8. The number of aryl methyl sites for hydroxylation is 2. The molecule has 3 saturated heterocycles. The second-order valence-electron chi connectivity index (χ2n) is 21.4. The number of nitrogens with zero attached hydrogens (tertiary/aromatic N) is 3. The molecule has 3 aliphatic heterocycles. The van der Waals surface area contributed by atoms with Crippen molar-refractivity contribution in [2.24, 2.45) is 23.7 Å². The predicted octanol–water partition coefficient (Wildman–Crippen LogP) is 6.05. The molecule has 2 aromatic rings. The summed E-state index contributed by atoms with van der Waals surface area (Å²) in [6.07, 6.45) is -10.2. The predicted molar refractivity (Wildman–Crippen MR) is 256 cm³/mol. The van der Waals surface area contributed by atoms with Gasteiger partial charge < -0.3 is 59.0 Å². The number of hydrogen-bond acceptors (Lipinski definition) is 15. The van der Waals surface area contributed by atoms with Crippen LogP contribution < -0.4 is 0 Å². The molecular formula is C51H82F3N3O11S. The van der Waals surface area contributed by atoms with Crippen LogP contribution in [0.25, 0.3) is 0 Å². The normalized spacial score (nSPS) is 40.6. The fourth-order valence-electron chi connectivity index (χ4n) is 11.4. The van der Waals surface area contributed by atoms with E-state index >= 15 is 0 Å². The highest BCUT2D eigenvalue weighted by Crippen LogP contribution is 2.45. The number of halogens is 3. The van der Waals surface area contributed by atoms with Gasteiger partial charge in [-0.2, -0.15) is 13.2 Å². The maximum atomic E-state index is 14.6. The Morgan fingerprint density at radius 1 is 0.957 bits per heavy atom. The number of likely N-dealkylation sites (N-methyl/N-ethyl adjacent to an activating group) is 2. The summed E-state index contributed by atoms with van der Waals surface area (Å²) in [5.74, 6) is -3.22. The second kappa shape index (κ2) is 23.3. The first-order valence-corrected chi connectivity index (χ1v) is 25.6. The monoisotopic (exact) mass is 1000 g/mol. The average Bonchev–Trinajstić information content (AvgIpc) is 3.74. The summed E-state index contributed by atoms with van der Waals surface area (Å²) >= 11 is 1.50. The highest BCUT2D eigenvalue weighted by atomic mass is 32.1. The van der Waals surface area contributed by atoms with Gasteiger partial charge in [0, 0.05) is 62.8 Å². The lowest BCUT2D eigenvalue weighted by atomic mass is 9.68. The highest BCUT2D eigenvalue weighted by molar-refractivity contribution is 7.09. The van der Waals surface area contributed by atoms with Gasteiger partial charge in [-0.1, -0.05) is 39.8 Å². The molecule has 14 nitrogen and oxygen atoms in total. The summed E-state index contributed by atoms with van der Waals surface area (Å²) in [7, 11) is 5.28. The quantitative estimate of drug-likeness (QED) is 0.155. The Bertz CT molecular complexity index is 1940. The molecular weight excluding hydrogens is 920 g/mol. The molecule has 18 heteroatoms. The number of aliphatic hydroxyl groups is 5. The van der Waals surface area contributed by atoms with Crippen LogP contribution in [0.15, 0.2) is 29.6 Å². The minimum Gasteiger partial charge on any atom is -0.459 e. The van der Waals surface area contributed by atoms with Gasteiger partial charge in [0.2, 0.25) is 0 Å². The number of hydrogen-bond donors (Lipinski definition) is 5. The zero-order chi connectivity index (χ0) is 51.6. The summed E-state index contributed by atoms with van der Waals surface area (Å²) in [5.41, 5.74) is -3.52. The van der Waals surface area contributed by atoms with Gasteiger partial charge in [-0.15, -0.1) is 11.3 Å². The Labute approximate surface area is 411 Å². The maximum Gasteiger partial charge on any atom is 0.416 e. The van der Waals surface area contributed by atoms with Gasteiger partial charge in [0.25, 0.3) is 0 Å². The van der Waals surface area contributed by atoms with Gasteiger partial charge in [0.15, 0.2) is 6.29 Å². The van der Waals surface area contributed by atoms with E-state index < -0.39 is 113 Å². The van der Waals surface area contributed by atoms with Crippen molar-refractivity contribution < 1.29 is 67.2 Å². The molecule has 1 aromatic carbocycles. The standard InChI is InChI=1S/C51H82F3N3O11S/c1-14-39-50(10,63)43(59)32(6)57(12)26-28(2)24-48(8,62)45(30(4)41(31(5)46(61)67-39)38-25-49(9,64-13)44(60)33(7)66-38)68-47-42(58)37(23-29(3)65-47)56(11)22-21-36-27-69-40(55-36)20-17-34-15-18-35(19-16-34)51(52,53)54/h15-16,18-19,27-33,37-39,41-45,47,58-60,62-63H,14,17,20-26H2,1-13H3/t28-,29-,30+,31-,32-,33+,37+,38?,39-,41+,42-,43-,44+,45-,47+,48-,49-,50-/m1/s1. The van der Waals surface area contributed by atoms with Crippen LogP contribution in [0.2, 0.25) is 0 Å². The van der Waals surface area contributed by atoms with Crippen molar-refractivity contribution in [2.75, 3.05) is 34.3 Å². The molecule has 5 rings (SSSR count). The molecule has 0 spiro atoms. The molecule has 0 aliphatic carbocycles. The number of rotatable bonds is 12. The third kappa shape index (κ3) is 13.6. The summed E-state index contributed by atoms with van der Waals surface area (Å²) in [5, 5.41) is 62.8. The number of carbonyl (C=O) groups excluding carboxylic acids is 1. The zero-order valence-electron chi connectivity index (χ0n) is 43.0. The minimum atomic E-state index is -4.38. The Kier molecular flexibility index (Phi) is 19.4. The SMILES string of the molecule is CC[C@H]1OC(=O)[C@H](C)[C@@H](C2C[C@@](C)(OC)[C@@H](O)[C@H](C)O2)[C@H](C)[C@@H](O[C@@H]2O[C@H](C)C[C@H](N(C)CCc3csc(CCc4ccc(C(F)(F)F)cc4)n3)[C@H]2O)[C@](C)(O)C[C@@H](C)CN(C)[C@H](C)[C@@H](O)[C@]1(C)O. The van der Waals surface area contributed by atoms with Crippen molar-refractivity contribution >= 4 is 17.3 Å². The van der Waals surface area contributed by atoms with Crippen LogP contribution >= 0.6 is 11.3 Å². The number of aliphatic hydroxyl groups excluding tert-OH is 3. The number of methoxy groups -OCH3 is 1. The Balaban J connectivity index is 1.43. The van der Waals surface area contributed by atoms with E-state index in [4.69, 9.17) is 28.7 Å². The first-order valence-electron chi connectivity index (χ1n) is 24.7. The lowest BCUT2D eigenvalue weighted by molar-refractivity contribution is -0.302. The number of cyclic esters (lactones) is 1. The van der Waals surface area contributed by atoms with Crippen molar-refractivity contribution in [1.29, 1.82) is 0 Å². The third-order valence-electron chi connectivity index (χ3n) is 15.7. The number of benzene rings is 1. The summed E-state index contributed by atoms with van der Waals surface area (Å²) in [4.78, 5) is 23.4. The lowest BCUT2D eigenvalue weighted by Gasteiger charge is -2.51. The largest absolute Gasteiger partial charge is 0.459 e. The van der Waals surface area contributed by atoms with E-state index in [1.54, 1.807) is 41.5 Å². The molecule has 0 saturated carbocycles. The van der Waals surface area contributed by atoms with E-state index in [0.29, 0.717) is 38.8 Å². The first kappa shape index (κ1) is 57.6. The van der Waals surface area contributed by atoms with Crippen LogP contribution in [0.3, 0.4) is 0 Å². The molecule has 5 N–H and O–H groups in total. The van der Waals surface area contributed by atoms with Crippen LogP contribution in [-0.4, -0.2) is 165 Å². The maximum absolute atomic E-state index is 14.6. The number of esters is 1. The fraction of sp³-hybridized carbons (Fsp3) is 0.804. The molecule has 0 bridgehead atoms. The number of alkyl halides is 3. The van der Waals surface area contributed by atoms with Crippen LogP contribution in [0.4, 0.5) is 13.2 Å². The summed E-state index contributed by atoms with van der Waals surface area (Å²) in [6, 6.07) is 4.20. The molecule has 69 heavy (non-hydrogen) atoms. The van der Waals surface area contributed by atoms with Gasteiger partial charge in [-0.3, -0.25) is 4.79 Å². The molecule has 3 aliphatic rings. The number of ether oxygens (including phenoxy) is 5. The molecule has 4 heterocycles.